The lowest BCUT2D eigenvalue weighted by Gasteiger charge is -2.13. The van der Waals surface area contributed by atoms with Crippen molar-refractivity contribution in [2.75, 3.05) is 11.9 Å². The number of aromatic nitrogens is 1. The minimum atomic E-state index is 0.198. The van der Waals surface area contributed by atoms with Gasteiger partial charge in [-0.3, -0.25) is 0 Å². The van der Waals surface area contributed by atoms with E-state index < -0.39 is 0 Å². The van der Waals surface area contributed by atoms with E-state index in [1.165, 1.54) is 5.56 Å². The molecule has 0 aliphatic rings. The maximum Gasteiger partial charge on any atom is 0.140 e. The molecule has 1 atom stereocenters. The van der Waals surface area contributed by atoms with Crippen molar-refractivity contribution in [1.82, 2.24) is 4.98 Å². The second kappa shape index (κ2) is 6.08. The average Bonchev–Trinajstić information content (AvgIpc) is 2.21. The molecule has 0 saturated carbocycles. The molecule has 0 saturated heterocycles. The summed E-state index contributed by atoms with van der Waals surface area (Å²) in [7, 11) is 0. The molecular formula is C11H18BrN3. The Morgan fingerprint density at radius 1 is 1.60 bits per heavy atom. The number of halogens is 1. The summed E-state index contributed by atoms with van der Waals surface area (Å²) in [5.41, 5.74) is 7.09. The molecule has 84 valence electrons. The van der Waals surface area contributed by atoms with Gasteiger partial charge in [0.2, 0.25) is 0 Å². The predicted octanol–water partition coefficient (Wildman–Crippen LogP) is 2.69. The number of nitrogens with zero attached hydrogens (tertiary/aromatic N) is 1. The summed E-state index contributed by atoms with van der Waals surface area (Å²) in [4.78, 5) is 4.26. The summed E-state index contributed by atoms with van der Waals surface area (Å²) in [6.07, 6.45) is 3.95. The van der Waals surface area contributed by atoms with E-state index in [2.05, 4.69) is 33.2 Å². The summed E-state index contributed by atoms with van der Waals surface area (Å²) < 4.78 is 1.02. The molecule has 4 heteroatoms. The van der Waals surface area contributed by atoms with Crippen LogP contribution in [0.4, 0.5) is 5.82 Å². The van der Waals surface area contributed by atoms with Gasteiger partial charge in [-0.05, 0) is 40.9 Å². The molecule has 3 N–H and O–H groups in total. The summed E-state index contributed by atoms with van der Waals surface area (Å²) in [6, 6.07) is 2.17. The van der Waals surface area contributed by atoms with Crippen LogP contribution in [0.5, 0.6) is 0 Å². The predicted molar refractivity (Wildman–Crippen MR) is 68.0 cm³/mol. The van der Waals surface area contributed by atoms with Crippen LogP contribution < -0.4 is 11.1 Å². The van der Waals surface area contributed by atoms with Crippen LogP contribution in [-0.2, 0) is 0 Å². The molecule has 0 fully saturated rings. The van der Waals surface area contributed by atoms with Crippen molar-refractivity contribution < 1.29 is 0 Å². The molecule has 0 radical (unpaired) electrons. The van der Waals surface area contributed by atoms with E-state index in [1.54, 1.807) is 6.20 Å². The minimum Gasteiger partial charge on any atom is -0.368 e. The third-order valence-electron chi connectivity index (χ3n) is 2.27. The number of anilines is 1. The molecule has 1 heterocycles. The van der Waals surface area contributed by atoms with Gasteiger partial charge in [-0.1, -0.05) is 13.3 Å². The van der Waals surface area contributed by atoms with Crippen LogP contribution in [0.25, 0.3) is 0 Å². The lowest BCUT2D eigenvalue weighted by Crippen LogP contribution is -2.29. The third-order valence-corrected chi connectivity index (χ3v) is 3.27. The number of aryl methyl sites for hydroxylation is 1. The quantitative estimate of drug-likeness (QED) is 0.866. The topological polar surface area (TPSA) is 50.9 Å². The molecule has 0 amide bonds. The number of hydrogen-bond donors (Lipinski definition) is 2. The van der Waals surface area contributed by atoms with Gasteiger partial charge in [0.05, 0.1) is 4.47 Å². The van der Waals surface area contributed by atoms with Gasteiger partial charge < -0.3 is 11.1 Å². The Morgan fingerprint density at radius 2 is 2.33 bits per heavy atom. The van der Waals surface area contributed by atoms with Gasteiger partial charge in [-0.25, -0.2) is 4.98 Å². The average molecular weight is 272 g/mol. The molecule has 1 rings (SSSR count). The number of hydrogen-bond acceptors (Lipinski definition) is 3. The van der Waals surface area contributed by atoms with Crippen LogP contribution in [0.3, 0.4) is 0 Å². The fraction of sp³-hybridized carbons (Fsp3) is 0.545. The number of pyridine rings is 1. The van der Waals surface area contributed by atoms with Crippen molar-refractivity contribution in [2.24, 2.45) is 5.73 Å². The van der Waals surface area contributed by atoms with Crippen molar-refractivity contribution in [3.63, 3.8) is 0 Å². The van der Waals surface area contributed by atoms with Crippen molar-refractivity contribution in [2.45, 2.75) is 32.7 Å². The normalized spacial score (nSPS) is 12.5. The first-order valence-electron chi connectivity index (χ1n) is 5.25. The molecule has 0 spiro atoms. The van der Waals surface area contributed by atoms with Crippen molar-refractivity contribution in [3.8, 4) is 0 Å². The zero-order chi connectivity index (χ0) is 11.3. The second-order valence-electron chi connectivity index (χ2n) is 3.72. The molecule has 0 aliphatic heterocycles. The smallest absolute Gasteiger partial charge is 0.140 e. The largest absolute Gasteiger partial charge is 0.368 e. The molecule has 1 aromatic rings. The van der Waals surface area contributed by atoms with Gasteiger partial charge >= 0.3 is 0 Å². The zero-order valence-electron chi connectivity index (χ0n) is 9.26. The van der Waals surface area contributed by atoms with E-state index >= 15 is 0 Å². The number of nitrogens with two attached hydrogens (primary N) is 1. The van der Waals surface area contributed by atoms with Gasteiger partial charge in [0.15, 0.2) is 0 Å². The van der Waals surface area contributed by atoms with Crippen LogP contribution in [-0.4, -0.2) is 17.6 Å². The van der Waals surface area contributed by atoms with E-state index in [1.807, 2.05) is 13.0 Å². The van der Waals surface area contributed by atoms with Crippen molar-refractivity contribution in [3.05, 3.63) is 22.3 Å². The Morgan fingerprint density at radius 3 is 3.00 bits per heavy atom. The molecule has 3 nitrogen and oxygen atoms in total. The number of nitrogens with one attached hydrogen (secondary N) is 1. The first-order chi connectivity index (χ1) is 7.15. The van der Waals surface area contributed by atoms with Crippen LogP contribution >= 0.6 is 15.9 Å². The van der Waals surface area contributed by atoms with E-state index in [0.717, 1.165) is 29.7 Å². The van der Waals surface area contributed by atoms with E-state index in [-0.39, 0.29) is 6.04 Å². The zero-order valence-corrected chi connectivity index (χ0v) is 10.8. The van der Waals surface area contributed by atoms with Crippen LogP contribution in [0.2, 0.25) is 0 Å². The molecule has 1 aromatic heterocycles. The highest BCUT2D eigenvalue weighted by atomic mass is 79.9. The van der Waals surface area contributed by atoms with Gasteiger partial charge in [0.1, 0.15) is 5.82 Å². The van der Waals surface area contributed by atoms with Crippen LogP contribution in [0.15, 0.2) is 16.7 Å². The third kappa shape index (κ3) is 3.80. The minimum absolute atomic E-state index is 0.198. The van der Waals surface area contributed by atoms with E-state index in [0.29, 0.717) is 0 Å². The molecule has 1 unspecified atom stereocenters. The van der Waals surface area contributed by atoms with Crippen LogP contribution in [0, 0.1) is 6.92 Å². The Labute approximate surface area is 99.6 Å². The lowest BCUT2D eigenvalue weighted by molar-refractivity contribution is 0.626. The van der Waals surface area contributed by atoms with Crippen molar-refractivity contribution >= 4 is 21.7 Å². The molecule has 15 heavy (non-hydrogen) atoms. The van der Waals surface area contributed by atoms with Gasteiger partial charge in [0, 0.05) is 18.8 Å². The summed E-state index contributed by atoms with van der Waals surface area (Å²) in [5, 5.41) is 3.26. The Bertz CT molecular complexity index is 315. The van der Waals surface area contributed by atoms with Gasteiger partial charge in [0.25, 0.3) is 0 Å². The highest BCUT2D eigenvalue weighted by Gasteiger charge is 2.05. The Balaban J connectivity index is 2.54. The van der Waals surface area contributed by atoms with Crippen LogP contribution in [0.1, 0.15) is 25.3 Å². The molecule has 0 aliphatic carbocycles. The SMILES string of the molecule is CCCC(N)CNc1nccc(C)c1Br. The highest BCUT2D eigenvalue weighted by molar-refractivity contribution is 9.10. The maximum absolute atomic E-state index is 5.91. The summed E-state index contributed by atoms with van der Waals surface area (Å²) in [6.45, 7) is 4.95. The molecular weight excluding hydrogens is 254 g/mol. The Hall–Kier alpha value is -0.610. The van der Waals surface area contributed by atoms with Crippen molar-refractivity contribution in [1.29, 1.82) is 0 Å². The second-order valence-corrected chi connectivity index (χ2v) is 4.51. The van der Waals surface area contributed by atoms with Gasteiger partial charge in [-0.15, -0.1) is 0 Å². The molecule has 0 bridgehead atoms. The fourth-order valence-electron chi connectivity index (χ4n) is 1.36. The molecule has 0 aromatic carbocycles. The van der Waals surface area contributed by atoms with E-state index in [9.17, 15) is 0 Å². The number of rotatable bonds is 5. The van der Waals surface area contributed by atoms with Gasteiger partial charge in [-0.2, -0.15) is 0 Å². The fourth-order valence-corrected chi connectivity index (χ4v) is 1.74. The highest BCUT2D eigenvalue weighted by Crippen LogP contribution is 2.22. The van der Waals surface area contributed by atoms with E-state index in [4.69, 9.17) is 5.73 Å². The maximum atomic E-state index is 5.91. The first kappa shape index (κ1) is 12.5. The first-order valence-corrected chi connectivity index (χ1v) is 6.05. The standard InChI is InChI=1S/C11H18BrN3/c1-3-4-9(13)7-15-11-10(12)8(2)5-6-14-11/h5-6,9H,3-4,7,13H2,1-2H3,(H,14,15). The summed E-state index contributed by atoms with van der Waals surface area (Å²) >= 11 is 3.50. The monoisotopic (exact) mass is 271 g/mol. The summed E-state index contributed by atoms with van der Waals surface area (Å²) in [5.74, 6) is 0.876. The lowest BCUT2D eigenvalue weighted by atomic mass is 10.2. The Kier molecular flexibility index (Phi) is 5.05.